The minimum atomic E-state index is -0.672. The van der Waals surface area contributed by atoms with Crippen LogP contribution in [-0.4, -0.2) is 35.3 Å². The third kappa shape index (κ3) is 4.76. The second-order valence-corrected chi connectivity index (χ2v) is 6.17. The normalized spacial score (nSPS) is 15.5. The van der Waals surface area contributed by atoms with E-state index in [1.54, 1.807) is 0 Å². The van der Waals surface area contributed by atoms with E-state index < -0.39 is 17.7 Å². The van der Waals surface area contributed by atoms with Crippen LogP contribution in [-0.2, 0) is 6.54 Å². The van der Waals surface area contributed by atoms with Gasteiger partial charge < -0.3 is 9.84 Å². The van der Waals surface area contributed by atoms with Gasteiger partial charge in [-0.25, -0.2) is 8.78 Å². The quantitative estimate of drug-likeness (QED) is 0.804. The van der Waals surface area contributed by atoms with Gasteiger partial charge in [-0.05, 0) is 31.0 Å². The number of nitrogens with zero attached hydrogens (tertiary/aromatic N) is 1. The molecule has 0 radical (unpaired) electrons. The van der Waals surface area contributed by atoms with Crippen LogP contribution in [0.5, 0.6) is 5.75 Å². The van der Waals surface area contributed by atoms with Crippen LogP contribution in [0.2, 0.25) is 0 Å². The fourth-order valence-corrected chi connectivity index (χ4v) is 2.68. The highest BCUT2D eigenvalue weighted by Gasteiger charge is 2.30. The highest BCUT2D eigenvalue weighted by molar-refractivity contribution is 5.21. The topological polar surface area (TPSA) is 32.7 Å². The van der Waals surface area contributed by atoms with Gasteiger partial charge in [0.1, 0.15) is 30.1 Å². The second kappa shape index (κ2) is 7.73. The zero-order valence-electron chi connectivity index (χ0n) is 13.4. The largest absolute Gasteiger partial charge is 0.491 e. The van der Waals surface area contributed by atoms with Gasteiger partial charge in [-0.3, -0.25) is 4.90 Å². The molecule has 2 aromatic carbocycles. The van der Waals surface area contributed by atoms with Crippen molar-refractivity contribution in [2.75, 3.05) is 13.2 Å². The van der Waals surface area contributed by atoms with E-state index in [1.807, 2.05) is 35.2 Å². The first kappa shape index (κ1) is 16.9. The Hall–Kier alpha value is -1.98. The van der Waals surface area contributed by atoms with Gasteiger partial charge in [-0.2, -0.15) is 0 Å². The van der Waals surface area contributed by atoms with E-state index in [2.05, 4.69) is 0 Å². The molecule has 24 heavy (non-hydrogen) atoms. The molecule has 0 aromatic heterocycles. The zero-order chi connectivity index (χ0) is 16.9. The van der Waals surface area contributed by atoms with Crippen LogP contribution in [0.25, 0.3) is 0 Å². The van der Waals surface area contributed by atoms with Gasteiger partial charge in [0, 0.05) is 30.8 Å². The van der Waals surface area contributed by atoms with Crippen LogP contribution in [0.4, 0.5) is 8.78 Å². The maximum absolute atomic E-state index is 13.8. The molecular formula is C19H21F2NO2. The van der Waals surface area contributed by atoms with Crippen molar-refractivity contribution in [3.8, 4) is 5.75 Å². The average molecular weight is 333 g/mol. The summed E-state index contributed by atoms with van der Waals surface area (Å²) < 4.78 is 32.4. The standard InChI is InChI=1S/C19H21F2NO2/c20-15-7-6-14(19(21)10-15)11-22(16-8-9-16)12-17(23)13-24-18-4-2-1-3-5-18/h1-7,10,16-17,23H,8-9,11-13H2. The van der Waals surface area contributed by atoms with Crippen molar-refractivity contribution in [3.63, 3.8) is 0 Å². The molecule has 1 saturated carbocycles. The number of para-hydroxylation sites is 1. The van der Waals surface area contributed by atoms with Gasteiger partial charge in [0.2, 0.25) is 0 Å². The number of halogens is 2. The molecule has 1 atom stereocenters. The smallest absolute Gasteiger partial charge is 0.130 e. The number of ether oxygens (including phenoxy) is 1. The first-order chi connectivity index (χ1) is 11.6. The minimum Gasteiger partial charge on any atom is -0.491 e. The van der Waals surface area contributed by atoms with Crippen molar-refractivity contribution in [3.05, 3.63) is 65.7 Å². The van der Waals surface area contributed by atoms with E-state index in [9.17, 15) is 13.9 Å². The fourth-order valence-electron chi connectivity index (χ4n) is 2.68. The Kier molecular flexibility index (Phi) is 5.43. The molecule has 1 aliphatic rings. The highest BCUT2D eigenvalue weighted by atomic mass is 19.1. The van der Waals surface area contributed by atoms with Crippen molar-refractivity contribution in [1.82, 2.24) is 4.90 Å². The number of hydrogen-bond donors (Lipinski definition) is 1. The molecule has 0 amide bonds. The van der Waals surface area contributed by atoms with E-state index in [0.29, 0.717) is 30.4 Å². The zero-order valence-corrected chi connectivity index (χ0v) is 13.4. The molecule has 1 fully saturated rings. The van der Waals surface area contributed by atoms with Crippen LogP contribution in [0, 0.1) is 11.6 Å². The van der Waals surface area contributed by atoms with E-state index >= 15 is 0 Å². The molecule has 0 spiro atoms. The van der Waals surface area contributed by atoms with Crippen molar-refractivity contribution in [2.45, 2.75) is 31.5 Å². The summed E-state index contributed by atoms with van der Waals surface area (Å²) in [5, 5.41) is 10.2. The summed E-state index contributed by atoms with van der Waals surface area (Å²) in [4.78, 5) is 2.04. The summed E-state index contributed by atoms with van der Waals surface area (Å²) in [5.74, 6) is -0.416. The molecule has 0 heterocycles. The van der Waals surface area contributed by atoms with E-state index in [4.69, 9.17) is 4.74 Å². The monoisotopic (exact) mass is 333 g/mol. The predicted octanol–water partition coefficient (Wildman–Crippen LogP) is 3.37. The Morgan fingerprint density at radius 3 is 2.54 bits per heavy atom. The lowest BCUT2D eigenvalue weighted by atomic mass is 10.2. The van der Waals surface area contributed by atoms with Gasteiger partial charge in [-0.1, -0.05) is 24.3 Å². The maximum Gasteiger partial charge on any atom is 0.130 e. The number of rotatable bonds is 8. The maximum atomic E-state index is 13.8. The molecule has 2 aromatic rings. The third-order valence-electron chi connectivity index (χ3n) is 4.08. The highest BCUT2D eigenvalue weighted by Crippen LogP contribution is 2.29. The summed E-state index contributed by atoms with van der Waals surface area (Å²) >= 11 is 0. The van der Waals surface area contributed by atoms with Crippen LogP contribution in [0.1, 0.15) is 18.4 Å². The SMILES string of the molecule is OC(COc1ccccc1)CN(Cc1ccc(F)cc1F)C1CC1. The van der Waals surface area contributed by atoms with Crippen molar-refractivity contribution in [2.24, 2.45) is 0 Å². The fraction of sp³-hybridized carbons (Fsp3) is 0.368. The van der Waals surface area contributed by atoms with Crippen molar-refractivity contribution in [1.29, 1.82) is 0 Å². The molecule has 1 aliphatic carbocycles. The first-order valence-electron chi connectivity index (χ1n) is 8.15. The molecule has 0 saturated heterocycles. The van der Waals surface area contributed by atoms with E-state index in [-0.39, 0.29) is 6.61 Å². The number of benzene rings is 2. The van der Waals surface area contributed by atoms with Gasteiger partial charge in [0.05, 0.1) is 0 Å². The number of aliphatic hydroxyl groups is 1. The van der Waals surface area contributed by atoms with E-state index in [1.165, 1.54) is 12.1 Å². The summed E-state index contributed by atoms with van der Waals surface area (Å²) in [6.45, 7) is 0.937. The molecule has 128 valence electrons. The Labute approximate surface area is 140 Å². The van der Waals surface area contributed by atoms with Crippen molar-refractivity contribution < 1.29 is 18.6 Å². The minimum absolute atomic E-state index is 0.180. The molecule has 3 nitrogen and oxygen atoms in total. The van der Waals surface area contributed by atoms with Gasteiger partial charge in [-0.15, -0.1) is 0 Å². The summed E-state index contributed by atoms with van der Waals surface area (Å²) in [6, 6.07) is 13.3. The first-order valence-corrected chi connectivity index (χ1v) is 8.15. The third-order valence-corrected chi connectivity index (χ3v) is 4.08. The average Bonchev–Trinajstić information content (AvgIpc) is 3.40. The molecule has 3 rings (SSSR count). The molecule has 5 heteroatoms. The lowest BCUT2D eigenvalue weighted by Crippen LogP contribution is -2.37. The molecule has 1 unspecified atom stereocenters. The number of hydrogen-bond acceptors (Lipinski definition) is 3. The van der Waals surface area contributed by atoms with Crippen LogP contribution < -0.4 is 4.74 Å². The molecule has 1 N–H and O–H groups in total. The van der Waals surface area contributed by atoms with Gasteiger partial charge in [0.25, 0.3) is 0 Å². The van der Waals surface area contributed by atoms with Gasteiger partial charge in [0.15, 0.2) is 0 Å². The van der Waals surface area contributed by atoms with E-state index in [0.717, 1.165) is 18.9 Å². The summed E-state index contributed by atoms with van der Waals surface area (Å²) in [6.07, 6.45) is 1.40. The Morgan fingerprint density at radius 2 is 1.88 bits per heavy atom. The van der Waals surface area contributed by atoms with Crippen LogP contribution >= 0.6 is 0 Å². The second-order valence-electron chi connectivity index (χ2n) is 6.17. The number of aliphatic hydroxyl groups excluding tert-OH is 1. The Bertz CT molecular complexity index is 662. The molecule has 0 bridgehead atoms. The van der Waals surface area contributed by atoms with Crippen LogP contribution in [0.15, 0.2) is 48.5 Å². The van der Waals surface area contributed by atoms with Crippen LogP contribution in [0.3, 0.4) is 0 Å². The Morgan fingerprint density at radius 1 is 1.12 bits per heavy atom. The summed E-state index contributed by atoms with van der Waals surface area (Å²) in [5.41, 5.74) is 0.444. The predicted molar refractivity (Wildman–Crippen MR) is 87.7 cm³/mol. The lowest BCUT2D eigenvalue weighted by molar-refractivity contribution is 0.0622. The van der Waals surface area contributed by atoms with Crippen molar-refractivity contribution >= 4 is 0 Å². The Balaban J connectivity index is 1.55. The summed E-state index contributed by atoms with van der Waals surface area (Å²) in [7, 11) is 0. The molecule has 0 aliphatic heterocycles. The molecular weight excluding hydrogens is 312 g/mol. The van der Waals surface area contributed by atoms with Gasteiger partial charge >= 0.3 is 0 Å². The lowest BCUT2D eigenvalue weighted by Gasteiger charge is -2.25.